The lowest BCUT2D eigenvalue weighted by molar-refractivity contribution is 0.101. The summed E-state index contributed by atoms with van der Waals surface area (Å²) in [5, 5.41) is 6.28. The van der Waals surface area contributed by atoms with Crippen LogP contribution in [0.2, 0.25) is 0 Å². The van der Waals surface area contributed by atoms with Gasteiger partial charge in [0.25, 0.3) is 5.91 Å². The van der Waals surface area contributed by atoms with Gasteiger partial charge in [-0.1, -0.05) is 5.16 Å². The molecule has 1 N–H and O–H groups in total. The highest BCUT2D eigenvalue weighted by molar-refractivity contribution is 14.1. The number of anilines is 1. The van der Waals surface area contributed by atoms with Gasteiger partial charge in [-0.05, 0) is 34.7 Å². The maximum absolute atomic E-state index is 11.8. The van der Waals surface area contributed by atoms with E-state index in [-0.39, 0.29) is 18.2 Å². The third kappa shape index (κ3) is 3.26. The van der Waals surface area contributed by atoms with Crippen LogP contribution in [0.4, 0.5) is 5.82 Å². The van der Waals surface area contributed by atoms with Crippen molar-refractivity contribution in [3.05, 3.63) is 39.4 Å². The van der Waals surface area contributed by atoms with Crippen LogP contribution in [-0.4, -0.2) is 23.2 Å². The minimum absolute atomic E-state index is 0.197. The maximum atomic E-state index is 11.8. The smallest absolute Gasteiger partial charge is 0.279 e. The molecule has 1 amide bonds. The largest absolute Gasteiger partial charge is 0.377 e. The Hall–Kier alpha value is -1.48. The second-order valence-electron chi connectivity index (χ2n) is 3.43. The predicted molar refractivity (Wildman–Crippen MR) is 72.1 cm³/mol. The molecule has 0 fully saturated rings. The molecule has 0 unspecified atom stereocenters. The van der Waals surface area contributed by atoms with Gasteiger partial charge in [-0.2, -0.15) is 0 Å². The second-order valence-corrected chi connectivity index (χ2v) is 4.67. The summed E-state index contributed by atoms with van der Waals surface area (Å²) in [6.07, 6.45) is 1.66. The lowest BCUT2D eigenvalue weighted by Gasteiger charge is -2.00. The number of hydrogen-bond donors (Lipinski definition) is 1. The van der Waals surface area contributed by atoms with E-state index < -0.39 is 0 Å². The van der Waals surface area contributed by atoms with Crippen LogP contribution in [0.3, 0.4) is 0 Å². The normalized spacial score (nSPS) is 10.3. The Morgan fingerprint density at radius 3 is 3.06 bits per heavy atom. The van der Waals surface area contributed by atoms with Gasteiger partial charge in [0.1, 0.15) is 12.4 Å². The number of aromatic nitrogens is 2. The Bertz CT molecular complexity index is 539. The number of methoxy groups -OCH3 is 1. The standard InChI is InChI=1S/C11H10IN3O3/c1-17-6-8-4-9(15-18-8)11(16)14-10-3-2-7(12)5-13-10/h2-5H,6H2,1H3,(H,13,14,16). The summed E-state index contributed by atoms with van der Waals surface area (Å²) in [5.74, 6) is 0.602. The molecule has 18 heavy (non-hydrogen) atoms. The molecule has 0 atom stereocenters. The highest BCUT2D eigenvalue weighted by atomic mass is 127. The Balaban J connectivity index is 2.04. The number of amides is 1. The van der Waals surface area contributed by atoms with Gasteiger partial charge in [0, 0.05) is 22.9 Å². The number of nitrogens with one attached hydrogen (secondary N) is 1. The maximum Gasteiger partial charge on any atom is 0.279 e. The van der Waals surface area contributed by atoms with Crippen molar-refractivity contribution < 1.29 is 14.1 Å². The first-order valence-corrected chi connectivity index (χ1v) is 6.14. The molecule has 0 saturated heterocycles. The molecule has 2 heterocycles. The zero-order valence-electron chi connectivity index (χ0n) is 9.51. The van der Waals surface area contributed by atoms with E-state index in [9.17, 15) is 4.79 Å². The number of carbonyl (C=O) groups is 1. The molecule has 2 aromatic rings. The molecule has 0 aliphatic rings. The average molecular weight is 359 g/mol. The zero-order valence-corrected chi connectivity index (χ0v) is 11.7. The van der Waals surface area contributed by atoms with Crippen molar-refractivity contribution in [3.63, 3.8) is 0 Å². The highest BCUT2D eigenvalue weighted by Gasteiger charge is 2.13. The molecule has 2 rings (SSSR count). The van der Waals surface area contributed by atoms with Gasteiger partial charge in [-0.15, -0.1) is 0 Å². The third-order valence-corrected chi connectivity index (χ3v) is 2.69. The number of nitrogens with zero attached hydrogens (tertiary/aromatic N) is 2. The second kappa shape index (κ2) is 5.91. The van der Waals surface area contributed by atoms with E-state index in [2.05, 4.69) is 38.0 Å². The van der Waals surface area contributed by atoms with Crippen molar-refractivity contribution in [1.82, 2.24) is 10.1 Å². The minimum atomic E-state index is -0.366. The number of carbonyl (C=O) groups excluding carboxylic acids is 1. The van der Waals surface area contributed by atoms with Crippen LogP contribution in [-0.2, 0) is 11.3 Å². The monoisotopic (exact) mass is 359 g/mol. The number of hydrogen-bond acceptors (Lipinski definition) is 5. The summed E-state index contributed by atoms with van der Waals surface area (Å²) in [4.78, 5) is 15.9. The topological polar surface area (TPSA) is 77.2 Å². The molecule has 0 aliphatic heterocycles. The molecule has 2 aromatic heterocycles. The Kier molecular flexibility index (Phi) is 4.26. The number of pyridine rings is 1. The summed E-state index contributed by atoms with van der Waals surface area (Å²) in [5.41, 5.74) is 0.197. The first kappa shape index (κ1) is 13.0. The van der Waals surface area contributed by atoms with Crippen LogP contribution in [0, 0.1) is 3.57 Å². The van der Waals surface area contributed by atoms with Crippen molar-refractivity contribution in [1.29, 1.82) is 0 Å². The molecule has 0 aromatic carbocycles. The van der Waals surface area contributed by atoms with Gasteiger partial charge in [0.2, 0.25) is 0 Å². The zero-order chi connectivity index (χ0) is 13.0. The number of rotatable bonds is 4. The van der Waals surface area contributed by atoms with Gasteiger partial charge in [0.05, 0.1) is 0 Å². The van der Waals surface area contributed by atoms with Gasteiger partial charge in [-0.3, -0.25) is 4.79 Å². The lowest BCUT2D eigenvalue weighted by Crippen LogP contribution is -2.13. The molecule has 0 saturated carbocycles. The average Bonchev–Trinajstić information content (AvgIpc) is 2.81. The van der Waals surface area contributed by atoms with E-state index in [1.54, 1.807) is 12.3 Å². The number of halogens is 1. The SMILES string of the molecule is COCc1cc(C(=O)Nc2ccc(I)cn2)no1. The summed E-state index contributed by atoms with van der Waals surface area (Å²) >= 11 is 2.14. The van der Waals surface area contributed by atoms with Crippen LogP contribution in [0.15, 0.2) is 28.9 Å². The fourth-order valence-electron chi connectivity index (χ4n) is 1.26. The van der Waals surface area contributed by atoms with E-state index in [4.69, 9.17) is 9.26 Å². The Morgan fingerprint density at radius 2 is 2.39 bits per heavy atom. The number of ether oxygens (including phenoxy) is 1. The molecule has 6 nitrogen and oxygen atoms in total. The van der Waals surface area contributed by atoms with Crippen molar-refractivity contribution in [3.8, 4) is 0 Å². The Labute approximate surface area is 117 Å². The fraction of sp³-hybridized carbons (Fsp3) is 0.182. The van der Waals surface area contributed by atoms with E-state index in [1.165, 1.54) is 13.2 Å². The van der Waals surface area contributed by atoms with Crippen molar-refractivity contribution in [2.75, 3.05) is 12.4 Å². The van der Waals surface area contributed by atoms with Gasteiger partial charge < -0.3 is 14.6 Å². The summed E-state index contributed by atoms with van der Waals surface area (Å²) in [6.45, 7) is 0.280. The third-order valence-electron chi connectivity index (χ3n) is 2.05. The first-order valence-electron chi connectivity index (χ1n) is 5.06. The van der Waals surface area contributed by atoms with Crippen molar-refractivity contribution in [2.45, 2.75) is 6.61 Å². The van der Waals surface area contributed by atoms with Crippen LogP contribution in [0.1, 0.15) is 16.2 Å². The lowest BCUT2D eigenvalue weighted by atomic mass is 10.3. The van der Waals surface area contributed by atoms with E-state index in [1.807, 2.05) is 6.07 Å². The van der Waals surface area contributed by atoms with E-state index in [0.29, 0.717) is 11.6 Å². The quantitative estimate of drug-likeness (QED) is 0.846. The van der Waals surface area contributed by atoms with Gasteiger partial charge in [0.15, 0.2) is 11.5 Å². The molecule has 0 radical (unpaired) electrons. The molecule has 7 heteroatoms. The van der Waals surface area contributed by atoms with Gasteiger partial charge >= 0.3 is 0 Å². The predicted octanol–water partition coefficient (Wildman–Crippen LogP) is 2.07. The van der Waals surface area contributed by atoms with Crippen molar-refractivity contribution in [2.24, 2.45) is 0 Å². The summed E-state index contributed by atoms with van der Waals surface area (Å²) in [6, 6.07) is 5.10. The first-order chi connectivity index (χ1) is 8.69. The Morgan fingerprint density at radius 1 is 1.56 bits per heavy atom. The summed E-state index contributed by atoms with van der Waals surface area (Å²) < 4.78 is 10.8. The van der Waals surface area contributed by atoms with E-state index in [0.717, 1.165) is 3.57 Å². The minimum Gasteiger partial charge on any atom is -0.377 e. The molecule has 0 spiro atoms. The summed E-state index contributed by atoms with van der Waals surface area (Å²) in [7, 11) is 1.54. The van der Waals surface area contributed by atoms with Crippen LogP contribution >= 0.6 is 22.6 Å². The molecule has 94 valence electrons. The molecular formula is C11H10IN3O3. The van der Waals surface area contributed by atoms with E-state index >= 15 is 0 Å². The highest BCUT2D eigenvalue weighted by Crippen LogP contribution is 2.10. The van der Waals surface area contributed by atoms with Crippen LogP contribution in [0.25, 0.3) is 0 Å². The van der Waals surface area contributed by atoms with Crippen molar-refractivity contribution >= 4 is 34.3 Å². The van der Waals surface area contributed by atoms with Crippen LogP contribution in [0.5, 0.6) is 0 Å². The molecule has 0 aliphatic carbocycles. The molecular weight excluding hydrogens is 349 g/mol. The van der Waals surface area contributed by atoms with Gasteiger partial charge in [-0.25, -0.2) is 4.98 Å². The fourth-order valence-corrected chi connectivity index (χ4v) is 1.58. The van der Waals surface area contributed by atoms with Crippen LogP contribution < -0.4 is 5.32 Å². The molecule has 0 bridgehead atoms.